The van der Waals surface area contributed by atoms with Gasteiger partial charge >= 0.3 is 0 Å². The summed E-state index contributed by atoms with van der Waals surface area (Å²) >= 11 is 0. The van der Waals surface area contributed by atoms with E-state index in [4.69, 9.17) is 5.73 Å². The smallest absolute Gasteiger partial charge is 0.129 e. The molecule has 2 saturated carbocycles. The first-order chi connectivity index (χ1) is 8.18. The standard InChI is InChI=1S/C14H17F2N/c15-11-5-2-6-12(16)10(11)7-13(17)14-8-3-1-4-9(8)14/h2,5-6,8-9,13-14H,1,3-4,7,17H2. The molecule has 2 fully saturated rings. The molecule has 0 saturated heterocycles. The Morgan fingerprint density at radius 1 is 1.18 bits per heavy atom. The third-order valence-corrected chi connectivity index (χ3v) is 4.47. The van der Waals surface area contributed by atoms with Crippen molar-refractivity contribution in [3.8, 4) is 0 Å². The van der Waals surface area contributed by atoms with Crippen LogP contribution in [-0.4, -0.2) is 6.04 Å². The first-order valence-electron chi connectivity index (χ1n) is 6.37. The number of hydrogen-bond donors (Lipinski definition) is 1. The Bertz CT molecular complexity index is 402. The van der Waals surface area contributed by atoms with Crippen LogP contribution in [0.25, 0.3) is 0 Å². The molecule has 1 aromatic rings. The number of halogens is 2. The van der Waals surface area contributed by atoms with Crippen LogP contribution in [0.4, 0.5) is 8.78 Å². The lowest BCUT2D eigenvalue weighted by Crippen LogP contribution is -2.28. The number of fused-ring (bicyclic) bond motifs is 1. The van der Waals surface area contributed by atoms with Crippen LogP contribution >= 0.6 is 0 Å². The highest BCUT2D eigenvalue weighted by molar-refractivity contribution is 5.22. The molecule has 3 atom stereocenters. The molecule has 2 N–H and O–H groups in total. The topological polar surface area (TPSA) is 26.0 Å². The second-order valence-electron chi connectivity index (χ2n) is 5.40. The second kappa shape index (κ2) is 4.05. The zero-order valence-electron chi connectivity index (χ0n) is 9.70. The van der Waals surface area contributed by atoms with Crippen molar-refractivity contribution in [2.24, 2.45) is 23.5 Å². The summed E-state index contributed by atoms with van der Waals surface area (Å²) in [5, 5.41) is 0. The summed E-state index contributed by atoms with van der Waals surface area (Å²) in [4.78, 5) is 0. The van der Waals surface area contributed by atoms with Crippen molar-refractivity contribution in [1.82, 2.24) is 0 Å². The van der Waals surface area contributed by atoms with Crippen LogP contribution in [0.3, 0.4) is 0 Å². The zero-order valence-corrected chi connectivity index (χ0v) is 9.70. The first-order valence-corrected chi connectivity index (χ1v) is 6.37. The van der Waals surface area contributed by atoms with Gasteiger partial charge in [0.2, 0.25) is 0 Å². The molecule has 0 aliphatic heterocycles. The van der Waals surface area contributed by atoms with Gasteiger partial charge in [-0.05, 0) is 49.1 Å². The van der Waals surface area contributed by atoms with E-state index in [1.807, 2.05) is 0 Å². The Kier molecular flexibility index (Phi) is 2.66. The van der Waals surface area contributed by atoms with Gasteiger partial charge < -0.3 is 5.73 Å². The Labute approximate surface area is 100 Å². The van der Waals surface area contributed by atoms with Crippen LogP contribution < -0.4 is 5.73 Å². The lowest BCUT2D eigenvalue weighted by Gasteiger charge is -2.14. The van der Waals surface area contributed by atoms with Gasteiger partial charge in [0.15, 0.2) is 0 Å². The summed E-state index contributed by atoms with van der Waals surface area (Å²) in [5.41, 5.74) is 6.26. The van der Waals surface area contributed by atoms with Crippen LogP contribution in [0.1, 0.15) is 24.8 Å². The summed E-state index contributed by atoms with van der Waals surface area (Å²) in [6.07, 6.45) is 4.13. The highest BCUT2D eigenvalue weighted by atomic mass is 19.1. The van der Waals surface area contributed by atoms with Crippen molar-refractivity contribution < 1.29 is 8.78 Å². The predicted octanol–water partition coefficient (Wildman–Crippen LogP) is 2.88. The molecule has 2 aliphatic carbocycles. The third-order valence-electron chi connectivity index (χ3n) is 4.47. The predicted molar refractivity (Wildman–Crippen MR) is 62.4 cm³/mol. The fourth-order valence-corrected chi connectivity index (χ4v) is 3.61. The maximum atomic E-state index is 13.5. The number of nitrogens with two attached hydrogens (primary N) is 1. The van der Waals surface area contributed by atoms with E-state index in [0.717, 1.165) is 11.8 Å². The molecule has 17 heavy (non-hydrogen) atoms. The Balaban J connectivity index is 1.71. The van der Waals surface area contributed by atoms with E-state index >= 15 is 0 Å². The van der Waals surface area contributed by atoms with Gasteiger partial charge in [0.05, 0.1) is 0 Å². The lowest BCUT2D eigenvalue weighted by atomic mass is 9.97. The van der Waals surface area contributed by atoms with Crippen LogP contribution in [0.5, 0.6) is 0 Å². The molecule has 92 valence electrons. The lowest BCUT2D eigenvalue weighted by molar-refractivity contribution is 0.463. The monoisotopic (exact) mass is 237 g/mol. The average molecular weight is 237 g/mol. The Morgan fingerprint density at radius 3 is 2.35 bits per heavy atom. The summed E-state index contributed by atoms with van der Waals surface area (Å²) in [6, 6.07) is 3.92. The highest BCUT2D eigenvalue weighted by Crippen LogP contribution is 2.58. The van der Waals surface area contributed by atoms with E-state index in [9.17, 15) is 8.78 Å². The molecule has 0 heterocycles. The molecular weight excluding hydrogens is 220 g/mol. The van der Waals surface area contributed by atoms with E-state index in [0.29, 0.717) is 12.3 Å². The quantitative estimate of drug-likeness (QED) is 0.859. The summed E-state index contributed by atoms with van der Waals surface area (Å²) < 4.78 is 27.0. The SMILES string of the molecule is NC(Cc1c(F)cccc1F)C1C2CCCC21. The van der Waals surface area contributed by atoms with Crippen LogP contribution in [0.2, 0.25) is 0 Å². The van der Waals surface area contributed by atoms with E-state index in [1.165, 1.54) is 37.5 Å². The third kappa shape index (κ3) is 1.86. The maximum absolute atomic E-state index is 13.5. The number of rotatable bonds is 3. The molecule has 1 aromatic carbocycles. The van der Waals surface area contributed by atoms with Crippen molar-refractivity contribution in [2.75, 3.05) is 0 Å². The van der Waals surface area contributed by atoms with Gasteiger partial charge in [0.25, 0.3) is 0 Å². The van der Waals surface area contributed by atoms with Crippen molar-refractivity contribution in [3.63, 3.8) is 0 Å². The molecule has 0 radical (unpaired) electrons. The summed E-state index contributed by atoms with van der Waals surface area (Å²) in [6.45, 7) is 0. The van der Waals surface area contributed by atoms with E-state index in [1.54, 1.807) is 0 Å². The van der Waals surface area contributed by atoms with Gasteiger partial charge in [0, 0.05) is 11.6 Å². The van der Waals surface area contributed by atoms with Crippen LogP contribution in [0, 0.1) is 29.4 Å². The van der Waals surface area contributed by atoms with Gasteiger partial charge in [0.1, 0.15) is 11.6 Å². The van der Waals surface area contributed by atoms with Crippen LogP contribution in [-0.2, 0) is 6.42 Å². The largest absolute Gasteiger partial charge is 0.327 e. The summed E-state index contributed by atoms with van der Waals surface area (Å²) in [5.74, 6) is 1.04. The van der Waals surface area contributed by atoms with Gasteiger partial charge in [-0.2, -0.15) is 0 Å². The van der Waals surface area contributed by atoms with Gasteiger partial charge in [-0.15, -0.1) is 0 Å². The minimum atomic E-state index is -0.466. The molecule has 0 bridgehead atoms. The number of benzene rings is 1. The van der Waals surface area contributed by atoms with Crippen molar-refractivity contribution in [1.29, 1.82) is 0 Å². The molecule has 2 aliphatic rings. The minimum Gasteiger partial charge on any atom is -0.327 e. The maximum Gasteiger partial charge on any atom is 0.129 e. The molecular formula is C14H17F2N. The van der Waals surface area contributed by atoms with E-state index < -0.39 is 11.6 Å². The second-order valence-corrected chi connectivity index (χ2v) is 5.40. The number of hydrogen-bond acceptors (Lipinski definition) is 1. The zero-order chi connectivity index (χ0) is 12.0. The van der Waals surface area contributed by atoms with Crippen molar-refractivity contribution in [2.45, 2.75) is 31.7 Å². The normalized spacial score (nSPS) is 32.3. The molecule has 3 unspecified atom stereocenters. The van der Waals surface area contributed by atoms with Crippen molar-refractivity contribution >= 4 is 0 Å². The van der Waals surface area contributed by atoms with Gasteiger partial charge in [-0.1, -0.05) is 12.5 Å². The fraction of sp³-hybridized carbons (Fsp3) is 0.571. The average Bonchev–Trinajstić information content (AvgIpc) is 2.78. The molecule has 0 spiro atoms. The minimum absolute atomic E-state index is 0.0864. The van der Waals surface area contributed by atoms with E-state index in [-0.39, 0.29) is 11.6 Å². The molecule has 0 amide bonds. The Hall–Kier alpha value is -0.960. The molecule has 3 rings (SSSR count). The highest BCUT2D eigenvalue weighted by Gasteiger charge is 2.54. The molecule has 1 nitrogen and oxygen atoms in total. The van der Waals surface area contributed by atoms with E-state index in [2.05, 4.69) is 0 Å². The van der Waals surface area contributed by atoms with Crippen molar-refractivity contribution in [3.05, 3.63) is 35.4 Å². The fourth-order valence-electron chi connectivity index (χ4n) is 3.61. The summed E-state index contributed by atoms with van der Waals surface area (Å²) in [7, 11) is 0. The first kappa shape index (κ1) is 11.1. The molecule has 0 aromatic heterocycles. The molecule has 3 heteroatoms. The van der Waals surface area contributed by atoms with Crippen LogP contribution in [0.15, 0.2) is 18.2 Å². The Morgan fingerprint density at radius 2 is 1.76 bits per heavy atom. The van der Waals surface area contributed by atoms with Gasteiger partial charge in [-0.3, -0.25) is 0 Å². The van der Waals surface area contributed by atoms with Gasteiger partial charge in [-0.25, -0.2) is 8.78 Å².